The zero-order chi connectivity index (χ0) is 19.6. The summed E-state index contributed by atoms with van der Waals surface area (Å²) in [6.07, 6.45) is 1.38. The Morgan fingerprint density at radius 2 is 1.89 bits per heavy atom. The molecule has 5 nitrogen and oxygen atoms in total. The van der Waals surface area contributed by atoms with Crippen molar-refractivity contribution in [3.05, 3.63) is 81.3 Å². The summed E-state index contributed by atoms with van der Waals surface area (Å²) in [6, 6.07) is 7.79. The lowest BCUT2D eigenvalue weighted by Crippen LogP contribution is -2.22. The molecule has 27 heavy (non-hydrogen) atoms. The summed E-state index contributed by atoms with van der Waals surface area (Å²) in [5, 5.41) is 12.3. The number of nitrogens with one attached hydrogen (secondary N) is 2. The highest BCUT2D eigenvalue weighted by Gasteiger charge is 2.23. The number of aromatic nitrogens is 1. The van der Waals surface area contributed by atoms with Gasteiger partial charge in [0.25, 0.3) is 5.56 Å². The van der Waals surface area contributed by atoms with Crippen molar-refractivity contribution in [3.63, 3.8) is 0 Å². The van der Waals surface area contributed by atoms with Crippen LogP contribution in [0, 0.1) is 11.6 Å². The van der Waals surface area contributed by atoms with Crippen molar-refractivity contribution < 1.29 is 18.7 Å². The summed E-state index contributed by atoms with van der Waals surface area (Å²) in [5.74, 6) is -2.78. The standard InChI is InChI=1S/C20H18F2N2O3/c1-11(23-7-8-25)12-9-16(21)18(17(22)10-12)19(26)14-3-2-4-15-13(14)5-6-24-20(15)27/h2-6,9-11,23,25H,7-8H2,1H3,(H,24,27). The molecule has 3 aromatic rings. The van der Waals surface area contributed by atoms with E-state index in [9.17, 15) is 18.4 Å². The largest absolute Gasteiger partial charge is 0.395 e. The number of aromatic amines is 1. The first-order valence-electron chi connectivity index (χ1n) is 8.42. The van der Waals surface area contributed by atoms with Crippen LogP contribution in [0.15, 0.2) is 47.4 Å². The van der Waals surface area contributed by atoms with Crippen molar-refractivity contribution in [1.82, 2.24) is 10.3 Å². The second kappa shape index (κ2) is 7.77. The molecule has 0 spiro atoms. The van der Waals surface area contributed by atoms with Gasteiger partial charge < -0.3 is 15.4 Å². The Balaban J connectivity index is 2.06. The van der Waals surface area contributed by atoms with Crippen LogP contribution in [0.3, 0.4) is 0 Å². The Morgan fingerprint density at radius 1 is 1.19 bits per heavy atom. The molecule has 0 fully saturated rings. The van der Waals surface area contributed by atoms with Gasteiger partial charge in [0, 0.05) is 29.7 Å². The van der Waals surface area contributed by atoms with Crippen LogP contribution < -0.4 is 10.9 Å². The third kappa shape index (κ3) is 3.65. The molecule has 2 aromatic carbocycles. The molecule has 0 amide bonds. The first-order valence-corrected chi connectivity index (χ1v) is 8.42. The zero-order valence-electron chi connectivity index (χ0n) is 14.6. The van der Waals surface area contributed by atoms with Crippen molar-refractivity contribution in [2.24, 2.45) is 0 Å². The van der Waals surface area contributed by atoms with Gasteiger partial charge in [-0.25, -0.2) is 8.78 Å². The van der Waals surface area contributed by atoms with Crippen LogP contribution in [-0.2, 0) is 0 Å². The fourth-order valence-electron chi connectivity index (χ4n) is 3.01. The number of aliphatic hydroxyl groups is 1. The summed E-state index contributed by atoms with van der Waals surface area (Å²) in [4.78, 5) is 27.2. The van der Waals surface area contributed by atoms with E-state index in [4.69, 9.17) is 5.11 Å². The molecule has 0 aliphatic heterocycles. The summed E-state index contributed by atoms with van der Waals surface area (Å²) in [7, 11) is 0. The van der Waals surface area contributed by atoms with Crippen LogP contribution in [0.1, 0.15) is 34.5 Å². The molecule has 140 valence electrons. The summed E-state index contributed by atoms with van der Waals surface area (Å²) in [6.45, 7) is 1.87. The number of carbonyl (C=O) groups excluding carboxylic acids is 1. The monoisotopic (exact) mass is 372 g/mol. The number of H-pyrrole nitrogens is 1. The Labute approximate surface area is 153 Å². The highest BCUT2D eigenvalue weighted by Crippen LogP contribution is 2.25. The number of halogens is 2. The average Bonchev–Trinajstić information content (AvgIpc) is 2.65. The topological polar surface area (TPSA) is 82.2 Å². The minimum absolute atomic E-state index is 0.0515. The van der Waals surface area contributed by atoms with Gasteiger partial charge in [0.1, 0.15) is 11.6 Å². The van der Waals surface area contributed by atoms with E-state index < -0.39 is 29.0 Å². The van der Waals surface area contributed by atoms with Gasteiger partial charge in [0.15, 0.2) is 5.78 Å². The predicted octanol–water partition coefficient (Wildman–Crippen LogP) is 2.68. The van der Waals surface area contributed by atoms with Crippen LogP contribution in [-0.4, -0.2) is 29.0 Å². The Bertz CT molecular complexity index is 1040. The lowest BCUT2D eigenvalue weighted by atomic mass is 9.95. The third-order valence-electron chi connectivity index (χ3n) is 4.41. The van der Waals surface area contributed by atoms with Crippen molar-refractivity contribution in [2.45, 2.75) is 13.0 Å². The highest BCUT2D eigenvalue weighted by atomic mass is 19.1. The minimum Gasteiger partial charge on any atom is -0.395 e. The molecule has 1 atom stereocenters. The molecule has 7 heteroatoms. The molecule has 3 N–H and O–H groups in total. The Hall–Kier alpha value is -2.90. The number of carbonyl (C=O) groups is 1. The van der Waals surface area contributed by atoms with Crippen molar-refractivity contribution in [3.8, 4) is 0 Å². The Kier molecular flexibility index (Phi) is 5.43. The molecule has 0 saturated heterocycles. The summed E-state index contributed by atoms with van der Waals surface area (Å²) >= 11 is 0. The second-order valence-corrected chi connectivity index (χ2v) is 6.16. The van der Waals surface area contributed by atoms with Gasteiger partial charge in [-0.2, -0.15) is 0 Å². The fraction of sp³-hybridized carbons (Fsp3) is 0.200. The second-order valence-electron chi connectivity index (χ2n) is 6.16. The molecule has 0 aliphatic carbocycles. The Morgan fingerprint density at radius 3 is 2.56 bits per heavy atom. The maximum Gasteiger partial charge on any atom is 0.255 e. The number of hydrogen-bond acceptors (Lipinski definition) is 4. The van der Waals surface area contributed by atoms with Gasteiger partial charge in [-0.3, -0.25) is 9.59 Å². The maximum absolute atomic E-state index is 14.6. The molecular weight excluding hydrogens is 354 g/mol. The number of hydrogen-bond donors (Lipinski definition) is 3. The van der Waals surface area contributed by atoms with Crippen molar-refractivity contribution in [2.75, 3.05) is 13.2 Å². The van der Waals surface area contributed by atoms with Crippen LogP contribution in [0.4, 0.5) is 8.78 Å². The number of fused-ring (bicyclic) bond motifs is 1. The van der Waals surface area contributed by atoms with Gasteiger partial charge in [0.2, 0.25) is 0 Å². The quantitative estimate of drug-likeness (QED) is 0.581. The van der Waals surface area contributed by atoms with Crippen LogP contribution in [0.5, 0.6) is 0 Å². The van der Waals surface area contributed by atoms with Gasteiger partial charge in [-0.05, 0) is 42.1 Å². The number of ketones is 1. The zero-order valence-corrected chi connectivity index (χ0v) is 14.6. The SMILES string of the molecule is CC(NCCO)c1cc(F)c(C(=O)c2cccc3c(=O)[nH]ccc23)c(F)c1. The molecular formula is C20H18F2N2O3. The maximum atomic E-state index is 14.6. The highest BCUT2D eigenvalue weighted by molar-refractivity contribution is 6.16. The smallest absolute Gasteiger partial charge is 0.255 e. The summed E-state index contributed by atoms with van der Waals surface area (Å²) < 4.78 is 29.2. The molecule has 0 saturated carbocycles. The van der Waals surface area contributed by atoms with E-state index in [1.54, 1.807) is 6.92 Å². The molecule has 1 unspecified atom stereocenters. The average molecular weight is 372 g/mol. The number of pyridine rings is 1. The van der Waals surface area contributed by atoms with Gasteiger partial charge in [0.05, 0.1) is 12.2 Å². The molecule has 0 bridgehead atoms. The van der Waals surface area contributed by atoms with Gasteiger partial charge in [-0.15, -0.1) is 0 Å². The number of benzene rings is 2. The lowest BCUT2D eigenvalue weighted by Gasteiger charge is -2.15. The molecule has 1 aromatic heterocycles. The first kappa shape index (κ1) is 18.9. The van der Waals surface area contributed by atoms with Crippen LogP contribution in [0.2, 0.25) is 0 Å². The lowest BCUT2D eigenvalue weighted by molar-refractivity contribution is 0.103. The van der Waals surface area contributed by atoms with Crippen molar-refractivity contribution in [1.29, 1.82) is 0 Å². The van der Waals surface area contributed by atoms with E-state index >= 15 is 0 Å². The fourth-order valence-corrected chi connectivity index (χ4v) is 3.01. The molecule has 0 radical (unpaired) electrons. The first-order chi connectivity index (χ1) is 12.9. The number of aliphatic hydroxyl groups excluding tert-OH is 1. The normalized spacial score (nSPS) is 12.3. The minimum atomic E-state index is -0.977. The van der Waals surface area contributed by atoms with Crippen LogP contribution >= 0.6 is 0 Å². The van der Waals surface area contributed by atoms with Gasteiger partial charge >= 0.3 is 0 Å². The predicted molar refractivity (Wildman–Crippen MR) is 97.9 cm³/mol. The van der Waals surface area contributed by atoms with E-state index in [1.165, 1.54) is 30.5 Å². The van der Waals surface area contributed by atoms with E-state index in [2.05, 4.69) is 10.3 Å². The van der Waals surface area contributed by atoms with E-state index in [0.29, 0.717) is 10.9 Å². The van der Waals surface area contributed by atoms with E-state index in [1.807, 2.05) is 0 Å². The van der Waals surface area contributed by atoms with Gasteiger partial charge in [-0.1, -0.05) is 12.1 Å². The molecule has 3 rings (SSSR count). The summed E-state index contributed by atoms with van der Waals surface area (Å²) in [5.41, 5.74) is -0.678. The van der Waals surface area contributed by atoms with E-state index in [-0.39, 0.29) is 29.7 Å². The van der Waals surface area contributed by atoms with Crippen molar-refractivity contribution >= 4 is 16.6 Å². The molecule has 0 aliphatic rings. The van der Waals surface area contributed by atoms with Crippen LogP contribution in [0.25, 0.3) is 10.8 Å². The third-order valence-corrected chi connectivity index (χ3v) is 4.41. The molecule has 1 heterocycles. The number of rotatable bonds is 6. The van der Waals surface area contributed by atoms with E-state index in [0.717, 1.165) is 12.1 Å².